The summed E-state index contributed by atoms with van der Waals surface area (Å²) < 4.78 is 0. The summed E-state index contributed by atoms with van der Waals surface area (Å²) in [6, 6.07) is 0. The molecule has 0 aliphatic heterocycles. The van der Waals surface area contributed by atoms with E-state index in [1.807, 2.05) is 0 Å². The van der Waals surface area contributed by atoms with Crippen molar-refractivity contribution in [2.45, 2.75) is 39.0 Å². The van der Waals surface area contributed by atoms with Crippen LogP contribution in [0.5, 0.6) is 0 Å². The molecule has 2 rings (SSSR count). The third-order valence-corrected chi connectivity index (χ3v) is 4.63. The van der Waals surface area contributed by atoms with Gasteiger partial charge in [0.25, 0.3) is 5.91 Å². The standard InChI is InChI=1S/C13H20N2OS/c1-3-4-8-5-6-9-10(7-8)17-12(14)11(9)13(16)15-2/h8H,3-7,14H2,1-2H3,(H,15,16). The molecule has 0 fully saturated rings. The Morgan fingerprint density at radius 3 is 3.00 bits per heavy atom. The summed E-state index contributed by atoms with van der Waals surface area (Å²) in [5, 5.41) is 3.37. The molecule has 1 unspecified atom stereocenters. The zero-order chi connectivity index (χ0) is 12.4. The van der Waals surface area contributed by atoms with Crippen LogP contribution in [0.15, 0.2) is 0 Å². The lowest BCUT2D eigenvalue weighted by atomic mass is 9.84. The highest BCUT2D eigenvalue weighted by atomic mass is 32.1. The number of carbonyl (C=O) groups is 1. The van der Waals surface area contributed by atoms with E-state index in [2.05, 4.69) is 12.2 Å². The summed E-state index contributed by atoms with van der Waals surface area (Å²) in [7, 11) is 1.66. The van der Waals surface area contributed by atoms with Gasteiger partial charge in [-0.1, -0.05) is 19.8 Å². The minimum atomic E-state index is -0.0334. The van der Waals surface area contributed by atoms with Crippen LogP contribution in [-0.2, 0) is 12.8 Å². The van der Waals surface area contributed by atoms with Gasteiger partial charge in [0.2, 0.25) is 0 Å². The lowest BCUT2D eigenvalue weighted by Gasteiger charge is -2.21. The van der Waals surface area contributed by atoms with E-state index < -0.39 is 0 Å². The lowest BCUT2D eigenvalue weighted by molar-refractivity contribution is 0.0963. The Bertz CT molecular complexity index is 425. The topological polar surface area (TPSA) is 55.1 Å². The van der Waals surface area contributed by atoms with Gasteiger partial charge in [-0.15, -0.1) is 11.3 Å². The molecule has 3 N–H and O–H groups in total. The van der Waals surface area contributed by atoms with Gasteiger partial charge in [0, 0.05) is 11.9 Å². The van der Waals surface area contributed by atoms with Crippen LogP contribution in [0.3, 0.4) is 0 Å². The quantitative estimate of drug-likeness (QED) is 0.868. The number of fused-ring (bicyclic) bond motifs is 1. The first-order valence-corrected chi connectivity index (χ1v) is 7.11. The minimum absolute atomic E-state index is 0.0334. The third-order valence-electron chi connectivity index (χ3n) is 3.55. The second-order valence-electron chi connectivity index (χ2n) is 4.72. The predicted molar refractivity (Wildman–Crippen MR) is 72.5 cm³/mol. The zero-order valence-electron chi connectivity index (χ0n) is 10.5. The SMILES string of the molecule is CCCC1CCc2c(sc(N)c2C(=O)NC)C1. The van der Waals surface area contributed by atoms with Crippen LogP contribution in [0, 0.1) is 5.92 Å². The first-order chi connectivity index (χ1) is 8.17. The van der Waals surface area contributed by atoms with E-state index in [0.29, 0.717) is 5.00 Å². The summed E-state index contributed by atoms with van der Waals surface area (Å²) in [6.45, 7) is 2.23. The van der Waals surface area contributed by atoms with Gasteiger partial charge in [0.15, 0.2) is 0 Å². The van der Waals surface area contributed by atoms with Crippen molar-refractivity contribution >= 4 is 22.2 Å². The van der Waals surface area contributed by atoms with Crippen molar-refractivity contribution in [3.63, 3.8) is 0 Å². The van der Waals surface area contributed by atoms with Gasteiger partial charge in [0.05, 0.1) is 10.6 Å². The van der Waals surface area contributed by atoms with E-state index in [0.717, 1.165) is 24.3 Å². The molecule has 1 heterocycles. The molecule has 0 aromatic carbocycles. The van der Waals surface area contributed by atoms with Crippen LogP contribution in [-0.4, -0.2) is 13.0 Å². The van der Waals surface area contributed by atoms with E-state index in [-0.39, 0.29) is 5.91 Å². The summed E-state index contributed by atoms with van der Waals surface area (Å²) in [6.07, 6.45) is 5.84. The molecule has 1 aliphatic carbocycles. The average Bonchev–Trinajstić information content (AvgIpc) is 2.64. The van der Waals surface area contributed by atoms with Gasteiger partial charge in [-0.3, -0.25) is 4.79 Å². The second-order valence-corrected chi connectivity index (χ2v) is 5.86. The maximum Gasteiger partial charge on any atom is 0.254 e. The van der Waals surface area contributed by atoms with Gasteiger partial charge >= 0.3 is 0 Å². The number of amides is 1. The van der Waals surface area contributed by atoms with Crippen LogP contribution in [0.2, 0.25) is 0 Å². The molecular formula is C13H20N2OS. The van der Waals surface area contributed by atoms with Crippen LogP contribution in [0.4, 0.5) is 5.00 Å². The molecule has 1 aromatic heterocycles. The highest BCUT2D eigenvalue weighted by molar-refractivity contribution is 7.16. The molecule has 0 bridgehead atoms. The molecule has 4 heteroatoms. The maximum absolute atomic E-state index is 11.8. The molecular weight excluding hydrogens is 232 g/mol. The minimum Gasteiger partial charge on any atom is -0.390 e. The fourth-order valence-corrected chi connectivity index (χ4v) is 3.93. The Morgan fingerprint density at radius 1 is 1.59 bits per heavy atom. The number of hydrogen-bond donors (Lipinski definition) is 2. The first kappa shape index (κ1) is 12.4. The van der Waals surface area contributed by atoms with Crippen molar-refractivity contribution < 1.29 is 4.79 Å². The Labute approximate surface area is 106 Å². The molecule has 0 saturated heterocycles. The fourth-order valence-electron chi connectivity index (χ4n) is 2.70. The average molecular weight is 252 g/mol. The maximum atomic E-state index is 11.8. The van der Waals surface area contributed by atoms with Crippen molar-refractivity contribution in [2.75, 3.05) is 12.8 Å². The summed E-state index contributed by atoms with van der Waals surface area (Å²) >= 11 is 1.61. The third kappa shape index (κ3) is 2.32. The van der Waals surface area contributed by atoms with Crippen LogP contribution >= 0.6 is 11.3 Å². The van der Waals surface area contributed by atoms with Gasteiger partial charge in [-0.05, 0) is 30.7 Å². The number of nitrogens with one attached hydrogen (secondary N) is 1. The van der Waals surface area contributed by atoms with Crippen molar-refractivity contribution in [3.8, 4) is 0 Å². The van der Waals surface area contributed by atoms with Crippen molar-refractivity contribution in [3.05, 3.63) is 16.0 Å². The Morgan fingerprint density at radius 2 is 2.35 bits per heavy atom. The van der Waals surface area contributed by atoms with Crippen molar-refractivity contribution in [1.29, 1.82) is 0 Å². The Balaban J connectivity index is 2.27. The molecule has 94 valence electrons. The van der Waals surface area contributed by atoms with E-state index in [1.165, 1.54) is 29.7 Å². The van der Waals surface area contributed by atoms with Gasteiger partial charge in [-0.2, -0.15) is 0 Å². The van der Waals surface area contributed by atoms with Crippen LogP contribution in [0.1, 0.15) is 47.0 Å². The second kappa shape index (κ2) is 5.08. The molecule has 1 atom stereocenters. The Hall–Kier alpha value is -1.03. The van der Waals surface area contributed by atoms with Crippen LogP contribution in [0.25, 0.3) is 0 Å². The monoisotopic (exact) mass is 252 g/mol. The number of anilines is 1. The number of hydrogen-bond acceptors (Lipinski definition) is 3. The van der Waals surface area contributed by atoms with E-state index in [9.17, 15) is 4.79 Å². The van der Waals surface area contributed by atoms with Gasteiger partial charge in [-0.25, -0.2) is 0 Å². The van der Waals surface area contributed by atoms with Crippen molar-refractivity contribution in [1.82, 2.24) is 5.32 Å². The normalized spacial score (nSPS) is 18.8. The van der Waals surface area contributed by atoms with Crippen molar-refractivity contribution in [2.24, 2.45) is 5.92 Å². The summed E-state index contributed by atoms with van der Waals surface area (Å²) in [4.78, 5) is 13.1. The molecule has 0 saturated carbocycles. The Kier molecular flexibility index (Phi) is 3.72. The molecule has 0 radical (unpaired) electrons. The number of nitrogen functional groups attached to an aromatic ring is 1. The van der Waals surface area contributed by atoms with Gasteiger partial charge in [0.1, 0.15) is 0 Å². The van der Waals surface area contributed by atoms with Crippen LogP contribution < -0.4 is 11.1 Å². The van der Waals surface area contributed by atoms with Gasteiger partial charge < -0.3 is 11.1 Å². The molecule has 1 aromatic rings. The first-order valence-electron chi connectivity index (χ1n) is 6.29. The molecule has 1 aliphatic rings. The molecule has 17 heavy (non-hydrogen) atoms. The molecule has 1 amide bonds. The number of rotatable bonds is 3. The smallest absolute Gasteiger partial charge is 0.254 e. The number of thiophene rings is 1. The fraction of sp³-hybridized carbons (Fsp3) is 0.615. The van der Waals surface area contributed by atoms with E-state index >= 15 is 0 Å². The number of nitrogens with two attached hydrogens (primary N) is 1. The summed E-state index contributed by atoms with van der Waals surface area (Å²) in [5.74, 6) is 0.747. The highest BCUT2D eigenvalue weighted by Crippen LogP contribution is 2.39. The highest BCUT2D eigenvalue weighted by Gasteiger charge is 2.27. The van der Waals surface area contributed by atoms with E-state index in [4.69, 9.17) is 5.73 Å². The lowest BCUT2D eigenvalue weighted by Crippen LogP contribution is -2.21. The largest absolute Gasteiger partial charge is 0.390 e. The zero-order valence-corrected chi connectivity index (χ0v) is 11.3. The number of carbonyl (C=O) groups excluding carboxylic acids is 1. The van der Waals surface area contributed by atoms with E-state index in [1.54, 1.807) is 18.4 Å². The summed E-state index contributed by atoms with van der Waals surface area (Å²) in [5.41, 5.74) is 7.92. The molecule has 3 nitrogen and oxygen atoms in total. The molecule has 0 spiro atoms. The predicted octanol–water partition coefficient (Wildman–Crippen LogP) is 2.59.